The highest BCUT2D eigenvalue weighted by Gasteiger charge is 2.36. The Morgan fingerprint density at radius 2 is 1.53 bits per heavy atom. The monoisotopic (exact) mass is 522 g/mol. The first-order chi connectivity index (χ1) is 16.9. The zero-order chi connectivity index (χ0) is 26.5. The van der Waals surface area contributed by atoms with Gasteiger partial charge in [-0.15, -0.1) is 0 Å². The third-order valence-electron chi connectivity index (χ3n) is 6.30. The minimum Gasteiger partial charge on any atom is -0.402 e. The lowest BCUT2D eigenvalue weighted by molar-refractivity contribution is 0.0772. The molecule has 2 aromatic carbocycles. The Balaban J connectivity index is 2.00. The van der Waals surface area contributed by atoms with Crippen molar-refractivity contribution in [1.29, 1.82) is 0 Å². The number of imidazole rings is 1. The number of carbonyl (C=O) groups excluding carboxylic acids is 1. The van der Waals surface area contributed by atoms with E-state index in [-0.39, 0.29) is 17.3 Å². The second-order valence-electron chi connectivity index (χ2n) is 11.8. The van der Waals surface area contributed by atoms with Gasteiger partial charge in [-0.25, -0.2) is 4.98 Å². The van der Waals surface area contributed by atoms with Gasteiger partial charge >= 0.3 is 0 Å². The van der Waals surface area contributed by atoms with E-state index < -0.39 is 17.1 Å². The summed E-state index contributed by atoms with van der Waals surface area (Å²) in [5.41, 5.74) is 1.53. The maximum Gasteiger partial charge on any atom is 0.240 e. The molecule has 0 bridgehead atoms. The molecule has 36 heavy (non-hydrogen) atoms. The lowest BCUT2D eigenvalue weighted by atomic mass is 9.87. The summed E-state index contributed by atoms with van der Waals surface area (Å²) in [6.45, 7) is 18.2. The van der Waals surface area contributed by atoms with E-state index in [9.17, 15) is 4.79 Å². The van der Waals surface area contributed by atoms with Gasteiger partial charge in [-0.2, -0.15) is 0 Å². The Morgan fingerprint density at radius 1 is 1.00 bits per heavy atom. The van der Waals surface area contributed by atoms with Gasteiger partial charge in [0.15, 0.2) is 11.6 Å². The molecule has 0 aliphatic rings. The van der Waals surface area contributed by atoms with E-state index in [4.69, 9.17) is 14.1 Å². The van der Waals surface area contributed by atoms with Crippen molar-refractivity contribution in [2.75, 3.05) is 6.61 Å². The number of ketones is 1. The van der Waals surface area contributed by atoms with Crippen LogP contribution in [0.1, 0.15) is 55.8 Å². The van der Waals surface area contributed by atoms with Gasteiger partial charge in [0.1, 0.15) is 6.73 Å². The van der Waals surface area contributed by atoms with Gasteiger partial charge in [-0.3, -0.25) is 4.79 Å². The number of aromatic nitrogens is 2. The second kappa shape index (κ2) is 11.8. The minimum absolute atomic E-state index is 0.0641. The molecule has 5 nitrogen and oxygen atoms in total. The van der Waals surface area contributed by atoms with E-state index in [1.807, 2.05) is 23.6 Å². The summed E-state index contributed by atoms with van der Waals surface area (Å²) in [5, 5.41) is 2.44. The molecule has 0 radical (unpaired) electrons. The number of carbonyl (C=O) groups is 1. The van der Waals surface area contributed by atoms with Crippen LogP contribution in [0.5, 0.6) is 0 Å². The molecule has 0 N–H and O–H groups in total. The zero-order valence-electron chi connectivity index (χ0n) is 23.2. The van der Waals surface area contributed by atoms with E-state index in [1.54, 1.807) is 6.92 Å². The van der Waals surface area contributed by atoms with E-state index in [0.29, 0.717) is 19.2 Å². The van der Waals surface area contributed by atoms with Crippen LogP contribution in [0.4, 0.5) is 0 Å². The lowest BCUT2D eigenvalue weighted by Crippen LogP contribution is -2.47. The van der Waals surface area contributed by atoms with Crippen molar-refractivity contribution in [3.8, 4) is 0 Å². The predicted molar refractivity (Wildman–Crippen MR) is 154 cm³/mol. The van der Waals surface area contributed by atoms with E-state index in [0.717, 1.165) is 17.4 Å². The van der Waals surface area contributed by atoms with E-state index >= 15 is 0 Å². The van der Waals surface area contributed by atoms with Gasteiger partial charge < -0.3 is 13.7 Å². The maximum atomic E-state index is 12.6. The number of hydrogen-bond donors (Lipinski definition) is 0. The second-order valence-corrected chi connectivity index (χ2v) is 19.8. The third-order valence-corrected chi connectivity index (χ3v) is 10.5. The third kappa shape index (κ3) is 7.35. The fraction of sp³-hybridized carbons (Fsp3) is 0.448. The first-order valence-electron chi connectivity index (χ1n) is 12.8. The molecule has 1 aromatic heterocycles. The molecule has 1 unspecified atom stereocenters. The van der Waals surface area contributed by atoms with E-state index in [2.05, 4.69) is 88.9 Å². The first kappa shape index (κ1) is 28.2. The quantitative estimate of drug-likeness (QED) is 0.194. The molecule has 194 valence electrons. The van der Waals surface area contributed by atoms with Crippen LogP contribution in [-0.4, -0.2) is 39.1 Å². The van der Waals surface area contributed by atoms with E-state index in [1.165, 1.54) is 10.4 Å². The number of ether oxygens (including phenoxy) is 1. The molecule has 0 fully saturated rings. The molecular formula is C29H42N2O3Si2. The normalized spacial score (nSPS) is 13.2. The number of Topliss-reactive ketones (excluding diaryl/α,β-unsaturated/α-hetero) is 1. The molecular weight excluding hydrogens is 481 g/mol. The summed E-state index contributed by atoms with van der Waals surface area (Å²) in [5.74, 6) is 0.372. The zero-order valence-corrected chi connectivity index (χ0v) is 25.3. The number of nitrogens with zero attached hydrogens (tertiary/aromatic N) is 2. The number of rotatable bonds is 11. The van der Waals surface area contributed by atoms with Gasteiger partial charge in [0.2, 0.25) is 9.04 Å². The summed E-state index contributed by atoms with van der Waals surface area (Å²) in [4.78, 5) is 17.5. The van der Waals surface area contributed by atoms with Gasteiger partial charge in [0.05, 0.1) is 11.8 Å². The average molecular weight is 523 g/mol. The van der Waals surface area contributed by atoms with Crippen molar-refractivity contribution >= 4 is 33.3 Å². The predicted octanol–water partition coefficient (Wildman–Crippen LogP) is 5.35. The van der Waals surface area contributed by atoms with Crippen molar-refractivity contribution in [2.45, 2.75) is 73.1 Å². The van der Waals surface area contributed by atoms with Gasteiger partial charge in [0.25, 0.3) is 0 Å². The van der Waals surface area contributed by atoms with Crippen molar-refractivity contribution in [2.24, 2.45) is 5.41 Å². The molecule has 0 amide bonds. The largest absolute Gasteiger partial charge is 0.402 e. The summed E-state index contributed by atoms with van der Waals surface area (Å²) in [6, 6.07) is 22.0. The molecule has 0 aliphatic carbocycles. The summed E-state index contributed by atoms with van der Waals surface area (Å²) >= 11 is 0. The standard InChI is InChI=1S/C29H42N2O3Si2/c1-22-26(30-28(23(2)32)31(22)21-33-19-20-36(6,7)8)27(29(3,4)5)34-35(24-15-11-9-12-16-24)25-17-13-10-14-18-25/h9-18,27,35H,19-21H2,1-8H3. The lowest BCUT2D eigenvalue weighted by Gasteiger charge is -2.34. The van der Waals surface area contributed by atoms with Crippen LogP contribution in [-0.2, 0) is 15.9 Å². The Kier molecular flexibility index (Phi) is 9.27. The molecule has 3 rings (SSSR count). The molecule has 1 atom stereocenters. The smallest absolute Gasteiger partial charge is 0.240 e. The van der Waals surface area contributed by atoms with Crippen LogP contribution in [0, 0.1) is 12.3 Å². The minimum atomic E-state index is -2.04. The Morgan fingerprint density at radius 3 is 1.97 bits per heavy atom. The molecule has 3 aromatic rings. The molecule has 0 aliphatic heterocycles. The van der Waals surface area contributed by atoms with Crippen LogP contribution < -0.4 is 10.4 Å². The van der Waals surface area contributed by atoms with Crippen molar-refractivity contribution in [1.82, 2.24) is 9.55 Å². The van der Waals surface area contributed by atoms with Crippen molar-refractivity contribution in [3.63, 3.8) is 0 Å². The molecule has 7 heteroatoms. The Labute approximate surface area is 219 Å². The fourth-order valence-corrected chi connectivity index (χ4v) is 7.59. The highest BCUT2D eigenvalue weighted by molar-refractivity contribution is 6.80. The summed E-state index contributed by atoms with van der Waals surface area (Å²) < 4.78 is 15.1. The first-order valence-corrected chi connectivity index (χ1v) is 18.1. The van der Waals surface area contributed by atoms with Gasteiger partial charge in [0, 0.05) is 27.3 Å². The van der Waals surface area contributed by atoms with Crippen LogP contribution in [0.15, 0.2) is 60.7 Å². The Hall–Kier alpha value is -2.33. The van der Waals surface area contributed by atoms with Crippen LogP contribution >= 0.6 is 0 Å². The topological polar surface area (TPSA) is 53.3 Å². The van der Waals surface area contributed by atoms with Crippen molar-refractivity contribution in [3.05, 3.63) is 77.9 Å². The SMILES string of the molecule is CC(=O)c1nc(C(O[SiH](c2ccccc2)c2ccccc2)C(C)(C)C)c(C)n1COCC[Si](C)(C)C. The van der Waals surface area contributed by atoms with Crippen LogP contribution in [0.25, 0.3) is 0 Å². The number of hydrogen-bond acceptors (Lipinski definition) is 4. The highest BCUT2D eigenvalue weighted by Crippen LogP contribution is 2.38. The van der Waals surface area contributed by atoms with Crippen LogP contribution in [0.2, 0.25) is 25.7 Å². The van der Waals surface area contributed by atoms with Gasteiger partial charge in [-0.1, -0.05) is 101 Å². The van der Waals surface area contributed by atoms with Crippen molar-refractivity contribution < 1.29 is 14.0 Å². The van der Waals surface area contributed by atoms with Gasteiger partial charge in [-0.05, 0) is 28.8 Å². The highest BCUT2D eigenvalue weighted by atomic mass is 28.3. The molecule has 0 spiro atoms. The molecule has 0 saturated heterocycles. The maximum absolute atomic E-state index is 12.6. The van der Waals surface area contributed by atoms with Crippen LogP contribution in [0.3, 0.4) is 0 Å². The molecule has 1 heterocycles. The fourth-order valence-electron chi connectivity index (χ4n) is 4.18. The summed E-state index contributed by atoms with van der Waals surface area (Å²) in [6.07, 6.45) is -0.282. The average Bonchev–Trinajstić information content (AvgIpc) is 3.13. The molecule has 0 saturated carbocycles. The summed E-state index contributed by atoms with van der Waals surface area (Å²) in [7, 11) is -3.23. The Bertz CT molecular complexity index is 1090. The number of benzene rings is 2.